The van der Waals surface area contributed by atoms with E-state index in [1.165, 1.54) is 6.07 Å². The fourth-order valence-electron chi connectivity index (χ4n) is 4.70. The molecule has 3 N–H and O–H groups in total. The number of pyridine rings is 1. The van der Waals surface area contributed by atoms with Crippen molar-refractivity contribution in [3.63, 3.8) is 0 Å². The molecule has 38 heavy (non-hydrogen) atoms. The lowest BCUT2D eigenvalue weighted by Crippen LogP contribution is -2.38. The average molecular weight is 533 g/mol. The minimum atomic E-state index is -0.491. The molecule has 3 heterocycles. The maximum absolute atomic E-state index is 13.9. The Morgan fingerprint density at radius 2 is 1.95 bits per heavy atom. The predicted octanol–water partition coefficient (Wildman–Crippen LogP) is 4.48. The van der Waals surface area contributed by atoms with Crippen LogP contribution in [0.4, 0.5) is 10.2 Å². The first-order valence-electron chi connectivity index (χ1n) is 12.1. The second kappa shape index (κ2) is 10.3. The molecule has 0 radical (unpaired) electrons. The van der Waals surface area contributed by atoms with Gasteiger partial charge in [0.15, 0.2) is 0 Å². The third-order valence-electron chi connectivity index (χ3n) is 6.73. The topological polar surface area (TPSA) is 106 Å². The number of nitrogens with zero attached hydrogens (tertiary/aromatic N) is 4. The summed E-state index contributed by atoms with van der Waals surface area (Å²) >= 11 is 6.16. The number of benzene rings is 2. The number of amides is 2. The molecule has 5 rings (SSSR count). The van der Waals surface area contributed by atoms with E-state index in [0.717, 1.165) is 22.3 Å². The fraction of sp³-hybridized carbons (Fsp3) is 0.214. The summed E-state index contributed by atoms with van der Waals surface area (Å²) in [7, 11) is 1.81. The SMILES string of the molecule is Cc1cc(C(=O)N2CC[C@@H](NC(=O)c3cc(-c4cnn(C)c4)cnc3N)C2)ccc1-c1cccc(F)c1Cl. The average Bonchev–Trinajstić information content (AvgIpc) is 3.55. The van der Waals surface area contributed by atoms with E-state index in [4.69, 9.17) is 17.3 Å². The van der Waals surface area contributed by atoms with Gasteiger partial charge in [-0.05, 0) is 48.7 Å². The molecule has 0 unspecified atom stereocenters. The monoisotopic (exact) mass is 532 g/mol. The summed E-state index contributed by atoms with van der Waals surface area (Å²) in [4.78, 5) is 32.1. The molecule has 4 aromatic rings. The van der Waals surface area contributed by atoms with Crippen LogP contribution in [0.3, 0.4) is 0 Å². The van der Waals surface area contributed by atoms with E-state index in [1.807, 2.05) is 20.2 Å². The second-order valence-corrected chi connectivity index (χ2v) is 9.78. The molecule has 2 aromatic heterocycles. The van der Waals surface area contributed by atoms with Gasteiger partial charge in [0.1, 0.15) is 11.6 Å². The zero-order chi connectivity index (χ0) is 27.0. The van der Waals surface area contributed by atoms with Gasteiger partial charge in [0.25, 0.3) is 11.8 Å². The first-order valence-corrected chi connectivity index (χ1v) is 12.5. The quantitative estimate of drug-likeness (QED) is 0.394. The normalized spacial score (nSPS) is 15.1. The highest BCUT2D eigenvalue weighted by atomic mass is 35.5. The van der Waals surface area contributed by atoms with Crippen molar-refractivity contribution in [2.75, 3.05) is 18.8 Å². The highest BCUT2D eigenvalue weighted by molar-refractivity contribution is 6.33. The van der Waals surface area contributed by atoms with Crippen LogP contribution >= 0.6 is 11.6 Å². The molecule has 1 atom stereocenters. The van der Waals surface area contributed by atoms with Gasteiger partial charge in [0.2, 0.25) is 0 Å². The van der Waals surface area contributed by atoms with Gasteiger partial charge in [-0.1, -0.05) is 29.8 Å². The summed E-state index contributed by atoms with van der Waals surface area (Å²) in [6.07, 6.45) is 5.74. The number of aromatic nitrogens is 3. The summed E-state index contributed by atoms with van der Waals surface area (Å²) < 4.78 is 15.6. The van der Waals surface area contributed by atoms with E-state index < -0.39 is 5.82 Å². The van der Waals surface area contributed by atoms with Gasteiger partial charge in [-0.3, -0.25) is 14.3 Å². The summed E-state index contributed by atoms with van der Waals surface area (Å²) in [5.74, 6) is -0.834. The van der Waals surface area contributed by atoms with Crippen molar-refractivity contribution in [2.45, 2.75) is 19.4 Å². The lowest BCUT2D eigenvalue weighted by molar-refractivity contribution is 0.0783. The van der Waals surface area contributed by atoms with Gasteiger partial charge in [-0.2, -0.15) is 5.10 Å². The molecule has 0 spiro atoms. The number of nitrogen functional groups attached to an aromatic ring is 1. The van der Waals surface area contributed by atoms with E-state index in [9.17, 15) is 14.0 Å². The zero-order valence-electron chi connectivity index (χ0n) is 20.9. The number of nitrogens with two attached hydrogens (primary N) is 1. The molecule has 1 aliphatic heterocycles. The third kappa shape index (κ3) is 4.97. The van der Waals surface area contributed by atoms with E-state index in [-0.39, 0.29) is 34.3 Å². The van der Waals surface area contributed by atoms with Crippen LogP contribution in [0.1, 0.15) is 32.7 Å². The van der Waals surface area contributed by atoms with Crippen LogP contribution in [0.2, 0.25) is 5.02 Å². The molecule has 0 saturated carbocycles. The van der Waals surface area contributed by atoms with E-state index in [2.05, 4.69) is 15.4 Å². The molecule has 1 saturated heterocycles. The Hall–Kier alpha value is -4.24. The van der Waals surface area contributed by atoms with Gasteiger partial charge in [0.05, 0.1) is 16.8 Å². The highest BCUT2D eigenvalue weighted by Gasteiger charge is 2.29. The molecule has 10 heteroatoms. The lowest BCUT2D eigenvalue weighted by atomic mass is 9.98. The Kier molecular flexibility index (Phi) is 6.86. The number of carbonyl (C=O) groups is 2. The third-order valence-corrected chi connectivity index (χ3v) is 7.11. The maximum atomic E-state index is 13.9. The Morgan fingerprint density at radius 1 is 1.13 bits per heavy atom. The number of aryl methyl sites for hydroxylation is 2. The molecular weight excluding hydrogens is 507 g/mol. The van der Waals surface area contributed by atoms with Crippen molar-refractivity contribution in [1.29, 1.82) is 0 Å². The number of likely N-dealkylation sites (tertiary alicyclic amines) is 1. The number of anilines is 1. The van der Waals surface area contributed by atoms with Gasteiger partial charge in [-0.15, -0.1) is 0 Å². The van der Waals surface area contributed by atoms with Crippen LogP contribution in [-0.4, -0.2) is 50.6 Å². The molecule has 2 aromatic carbocycles. The van der Waals surface area contributed by atoms with Crippen molar-refractivity contribution in [3.8, 4) is 22.3 Å². The van der Waals surface area contributed by atoms with Crippen molar-refractivity contribution in [2.24, 2.45) is 7.05 Å². The number of carbonyl (C=O) groups excluding carboxylic acids is 2. The number of nitrogens with one attached hydrogen (secondary N) is 1. The van der Waals surface area contributed by atoms with Crippen molar-refractivity contribution in [1.82, 2.24) is 25.0 Å². The molecule has 0 aliphatic carbocycles. The molecule has 2 amide bonds. The largest absolute Gasteiger partial charge is 0.383 e. The highest BCUT2D eigenvalue weighted by Crippen LogP contribution is 2.33. The van der Waals surface area contributed by atoms with Crippen LogP contribution in [0.25, 0.3) is 22.3 Å². The molecule has 0 bridgehead atoms. The van der Waals surface area contributed by atoms with Crippen LogP contribution in [0, 0.1) is 12.7 Å². The summed E-state index contributed by atoms with van der Waals surface area (Å²) in [5.41, 5.74) is 10.5. The molecule has 8 nitrogen and oxygen atoms in total. The lowest BCUT2D eigenvalue weighted by Gasteiger charge is -2.18. The molecule has 1 fully saturated rings. The number of rotatable bonds is 5. The van der Waals surface area contributed by atoms with Crippen molar-refractivity contribution < 1.29 is 14.0 Å². The van der Waals surface area contributed by atoms with Crippen LogP contribution < -0.4 is 11.1 Å². The van der Waals surface area contributed by atoms with Crippen molar-refractivity contribution >= 4 is 29.2 Å². The van der Waals surface area contributed by atoms with Crippen LogP contribution in [0.15, 0.2) is 61.1 Å². The fourth-order valence-corrected chi connectivity index (χ4v) is 4.93. The van der Waals surface area contributed by atoms with E-state index in [0.29, 0.717) is 30.6 Å². The molecule has 1 aliphatic rings. The van der Waals surface area contributed by atoms with Gasteiger partial charge in [-0.25, -0.2) is 9.37 Å². The number of hydrogen-bond donors (Lipinski definition) is 2. The Bertz CT molecular complexity index is 1550. The smallest absolute Gasteiger partial charge is 0.255 e. The zero-order valence-corrected chi connectivity index (χ0v) is 21.7. The second-order valence-electron chi connectivity index (χ2n) is 9.40. The van der Waals surface area contributed by atoms with E-state index in [1.54, 1.807) is 58.4 Å². The van der Waals surface area contributed by atoms with Gasteiger partial charge >= 0.3 is 0 Å². The minimum Gasteiger partial charge on any atom is -0.383 e. The Labute approximate surface area is 224 Å². The summed E-state index contributed by atoms with van der Waals surface area (Å²) in [5, 5.41) is 7.19. The summed E-state index contributed by atoms with van der Waals surface area (Å²) in [6.45, 7) is 2.74. The van der Waals surface area contributed by atoms with Crippen LogP contribution in [-0.2, 0) is 7.05 Å². The molecule has 194 valence electrons. The van der Waals surface area contributed by atoms with E-state index >= 15 is 0 Å². The first kappa shape index (κ1) is 25.4. The van der Waals surface area contributed by atoms with Gasteiger partial charge in [0, 0.05) is 60.8 Å². The van der Waals surface area contributed by atoms with Gasteiger partial charge < -0.3 is 16.0 Å². The standard InChI is InChI=1S/C28H26ClFN6O2/c1-16-10-17(6-7-21(16)22-4-3-5-24(30)25(22)29)28(38)36-9-8-20(15-36)34-27(37)23-11-18(12-32-26(23)31)19-13-33-35(2)14-19/h3-7,10-14,20H,8-9,15H2,1-2H3,(H2,31,32)(H,34,37)/t20-/m1/s1. The predicted molar refractivity (Wildman–Crippen MR) is 144 cm³/mol. The first-order chi connectivity index (χ1) is 18.2. The minimum absolute atomic E-state index is 0.0506. The number of halogens is 2. The Morgan fingerprint density at radius 3 is 2.68 bits per heavy atom. The maximum Gasteiger partial charge on any atom is 0.255 e. The molecular formula is C28H26ClFN6O2. The number of hydrogen-bond acceptors (Lipinski definition) is 5. The summed E-state index contributed by atoms with van der Waals surface area (Å²) in [6, 6.07) is 11.4. The Balaban J connectivity index is 1.26. The van der Waals surface area contributed by atoms with Crippen LogP contribution in [0.5, 0.6) is 0 Å². The van der Waals surface area contributed by atoms with Crippen molar-refractivity contribution in [3.05, 3.63) is 88.6 Å².